The molecule has 18 heavy (non-hydrogen) atoms. The molecule has 3 heteroatoms. The van der Waals surface area contributed by atoms with Gasteiger partial charge in [-0.1, -0.05) is 45.0 Å². The molecule has 0 aliphatic rings. The number of nitrogens with two attached hydrogens (primary N) is 1. The van der Waals surface area contributed by atoms with Crippen molar-refractivity contribution in [2.75, 3.05) is 0 Å². The molecule has 0 saturated carbocycles. The Hall–Kier alpha value is -1.35. The van der Waals surface area contributed by atoms with Gasteiger partial charge in [0.2, 0.25) is 0 Å². The topological polar surface area (TPSA) is 63.3 Å². The Kier molecular flexibility index (Phi) is 4.91. The third kappa shape index (κ3) is 5.32. The van der Waals surface area contributed by atoms with Gasteiger partial charge >= 0.3 is 5.97 Å². The van der Waals surface area contributed by atoms with Crippen LogP contribution in [-0.2, 0) is 11.2 Å². The summed E-state index contributed by atoms with van der Waals surface area (Å²) in [4.78, 5) is 10.5. The fourth-order valence-electron chi connectivity index (χ4n) is 1.94. The average Bonchev–Trinajstić information content (AvgIpc) is 2.24. The second kappa shape index (κ2) is 6.01. The van der Waals surface area contributed by atoms with Crippen LogP contribution in [0.15, 0.2) is 24.3 Å². The van der Waals surface area contributed by atoms with Crippen LogP contribution in [0.5, 0.6) is 0 Å². The molecule has 0 aromatic heterocycles. The molecule has 0 heterocycles. The highest BCUT2D eigenvalue weighted by atomic mass is 16.4. The number of carboxylic acid groups (broad SMARTS) is 1. The van der Waals surface area contributed by atoms with Gasteiger partial charge in [-0.25, -0.2) is 0 Å². The maximum Gasteiger partial charge on any atom is 0.303 e. The Morgan fingerprint density at radius 2 is 1.83 bits per heavy atom. The molecule has 0 radical (unpaired) electrons. The van der Waals surface area contributed by atoms with Crippen molar-refractivity contribution in [1.29, 1.82) is 0 Å². The Bertz CT molecular complexity index is 390. The summed E-state index contributed by atoms with van der Waals surface area (Å²) < 4.78 is 0. The molecule has 0 spiro atoms. The number of carbonyl (C=O) groups is 1. The van der Waals surface area contributed by atoms with Crippen molar-refractivity contribution in [2.24, 2.45) is 11.1 Å². The van der Waals surface area contributed by atoms with E-state index in [-0.39, 0.29) is 17.9 Å². The summed E-state index contributed by atoms with van der Waals surface area (Å²) in [6.07, 6.45) is 1.62. The number of benzene rings is 1. The zero-order valence-electron chi connectivity index (χ0n) is 11.4. The maximum atomic E-state index is 10.5. The Morgan fingerprint density at radius 3 is 2.28 bits per heavy atom. The van der Waals surface area contributed by atoms with Crippen molar-refractivity contribution in [1.82, 2.24) is 0 Å². The van der Waals surface area contributed by atoms with Gasteiger partial charge < -0.3 is 10.8 Å². The third-order valence-electron chi connectivity index (χ3n) is 2.81. The third-order valence-corrected chi connectivity index (χ3v) is 2.81. The van der Waals surface area contributed by atoms with Crippen molar-refractivity contribution in [2.45, 2.75) is 46.1 Å². The highest BCUT2D eigenvalue weighted by Gasteiger charge is 2.12. The van der Waals surface area contributed by atoms with E-state index in [9.17, 15) is 4.79 Å². The number of rotatable bonds is 5. The number of aliphatic carboxylic acids is 1. The van der Waals surface area contributed by atoms with Crippen LogP contribution in [0, 0.1) is 5.41 Å². The summed E-state index contributed by atoms with van der Waals surface area (Å²) in [5.41, 5.74) is 8.52. The fourth-order valence-corrected chi connectivity index (χ4v) is 1.94. The molecule has 0 aliphatic heterocycles. The molecule has 0 saturated heterocycles. The summed E-state index contributed by atoms with van der Waals surface area (Å²) in [6, 6.07) is 7.99. The second-order valence-corrected chi connectivity index (χ2v) is 6.02. The second-order valence-electron chi connectivity index (χ2n) is 6.02. The van der Waals surface area contributed by atoms with E-state index in [1.165, 1.54) is 5.56 Å². The van der Waals surface area contributed by atoms with E-state index in [1.807, 2.05) is 12.1 Å². The van der Waals surface area contributed by atoms with Gasteiger partial charge in [0, 0.05) is 12.5 Å². The minimum atomic E-state index is -0.796. The monoisotopic (exact) mass is 249 g/mol. The summed E-state index contributed by atoms with van der Waals surface area (Å²) >= 11 is 0. The van der Waals surface area contributed by atoms with Crippen molar-refractivity contribution < 1.29 is 9.90 Å². The molecule has 1 aromatic carbocycles. The van der Waals surface area contributed by atoms with E-state index in [2.05, 4.69) is 32.9 Å². The van der Waals surface area contributed by atoms with Gasteiger partial charge in [-0.05, 0) is 29.4 Å². The zero-order chi connectivity index (χ0) is 13.8. The molecule has 0 bridgehead atoms. The molecule has 1 aromatic rings. The summed E-state index contributed by atoms with van der Waals surface area (Å²) in [6.45, 7) is 6.62. The Morgan fingerprint density at radius 1 is 1.28 bits per heavy atom. The normalized spacial score (nSPS) is 13.3. The van der Waals surface area contributed by atoms with E-state index in [0.29, 0.717) is 6.42 Å². The molecule has 0 amide bonds. The maximum absolute atomic E-state index is 10.5. The van der Waals surface area contributed by atoms with Crippen LogP contribution in [0.3, 0.4) is 0 Å². The van der Waals surface area contributed by atoms with Crippen LogP contribution in [-0.4, -0.2) is 11.1 Å². The number of hydrogen-bond donors (Lipinski definition) is 2. The zero-order valence-corrected chi connectivity index (χ0v) is 11.4. The predicted octanol–water partition coefficient (Wildman–Crippen LogP) is 3.14. The minimum Gasteiger partial charge on any atom is -0.481 e. The molecule has 3 N–H and O–H groups in total. The summed E-state index contributed by atoms with van der Waals surface area (Å²) in [7, 11) is 0. The predicted molar refractivity (Wildman–Crippen MR) is 73.4 cm³/mol. The molecule has 100 valence electrons. The molecule has 1 rings (SSSR count). The van der Waals surface area contributed by atoms with E-state index in [1.54, 1.807) is 0 Å². The molecular weight excluding hydrogens is 226 g/mol. The fraction of sp³-hybridized carbons (Fsp3) is 0.533. The first kappa shape index (κ1) is 14.7. The van der Waals surface area contributed by atoms with Gasteiger partial charge in [-0.3, -0.25) is 4.79 Å². The smallest absolute Gasteiger partial charge is 0.303 e. The van der Waals surface area contributed by atoms with Crippen molar-refractivity contribution in [3.05, 3.63) is 35.4 Å². The minimum absolute atomic E-state index is 0.116. The summed E-state index contributed by atoms with van der Waals surface area (Å²) in [5, 5.41) is 8.63. The van der Waals surface area contributed by atoms with Crippen molar-refractivity contribution >= 4 is 5.97 Å². The van der Waals surface area contributed by atoms with Gasteiger partial charge in [0.15, 0.2) is 0 Å². The Balaban J connectivity index is 2.62. The van der Waals surface area contributed by atoms with Gasteiger partial charge in [0.05, 0.1) is 0 Å². The van der Waals surface area contributed by atoms with Gasteiger partial charge in [-0.2, -0.15) is 0 Å². The van der Waals surface area contributed by atoms with E-state index < -0.39 is 5.97 Å². The van der Waals surface area contributed by atoms with Crippen LogP contribution >= 0.6 is 0 Å². The van der Waals surface area contributed by atoms with E-state index in [0.717, 1.165) is 12.0 Å². The van der Waals surface area contributed by atoms with Crippen molar-refractivity contribution in [3.63, 3.8) is 0 Å². The van der Waals surface area contributed by atoms with Crippen LogP contribution in [0.25, 0.3) is 0 Å². The van der Waals surface area contributed by atoms with Gasteiger partial charge in [0.1, 0.15) is 0 Å². The lowest BCUT2D eigenvalue weighted by molar-refractivity contribution is -0.137. The average molecular weight is 249 g/mol. The SMILES string of the molecule is CC(C)(C)Cc1ccc(C(N)CCC(=O)O)cc1. The van der Waals surface area contributed by atoms with Crippen LogP contribution in [0.4, 0.5) is 0 Å². The quantitative estimate of drug-likeness (QED) is 0.842. The molecule has 0 fully saturated rings. The van der Waals surface area contributed by atoms with Crippen LogP contribution in [0.2, 0.25) is 0 Å². The van der Waals surface area contributed by atoms with Crippen LogP contribution in [0.1, 0.15) is 50.8 Å². The number of hydrogen-bond acceptors (Lipinski definition) is 2. The number of carboxylic acids is 1. The molecular formula is C15H23NO2. The Labute approximate surface area is 109 Å². The standard InChI is InChI=1S/C15H23NO2/c1-15(2,3)10-11-4-6-12(7-5-11)13(16)8-9-14(17)18/h4-7,13H,8-10,16H2,1-3H3,(H,17,18). The van der Waals surface area contributed by atoms with E-state index >= 15 is 0 Å². The largest absolute Gasteiger partial charge is 0.481 e. The lowest BCUT2D eigenvalue weighted by atomic mass is 9.87. The van der Waals surface area contributed by atoms with Gasteiger partial charge in [0.25, 0.3) is 0 Å². The molecule has 3 nitrogen and oxygen atoms in total. The van der Waals surface area contributed by atoms with E-state index in [4.69, 9.17) is 10.8 Å². The lowest BCUT2D eigenvalue weighted by Gasteiger charge is -2.18. The highest BCUT2D eigenvalue weighted by molar-refractivity contribution is 5.66. The first-order valence-electron chi connectivity index (χ1n) is 6.34. The van der Waals surface area contributed by atoms with Crippen LogP contribution < -0.4 is 5.73 Å². The first-order chi connectivity index (χ1) is 8.28. The highest BCUT2D eigenvalue weighted by Crippen LogP contribution is 2.22. The molecule has 0 aliphatic carbocycles. The molecule has 1 unspecified atom stereocenters. The summed E-state index contributed by atoms with van der Waals surface area (Å²) in [5.74, 6) is -0.796. The van der Waals surface area contributed by atoms with Gasteiger partial charge in [-0.15, -0.1) is 0 Å². The lowest BCUT2D eigenvalue weighted by Crippen LogP contribution is -2.13. The van der Waals surface area contributed by atoms with Crippen molar-refractivity contribution in [3.8, 4) is 0 Å². The molecule has 1 atom stereocenters. The first-order valence-corrected chi connectivity index (χ1v) is 6.34.